The fourth-order valence-electron chi connectivity index (χ4n) is 2.04. The lowest BCUT2D eigenvalue weighted by atomic mass is 10.1. The summed E-state index contributed by atoms with van der Waals surface area (Å²) in [4.78, 5) is 10.3. The Bertz CT molecular complexity index is 668. The summed E-state index contributed by atoms with van der Waals surface area (Å²) in [5, 5.41) is 3.89. The molecule has 0 spiro atoms. The van der Waals surface area contributed by atoms with Crippen LogP contribution in [-0.2, 0) is 0 Å². The van der Waals surface area contributed by atoms with E-state index in [4.69, 9.17) is 0 Å². The largest absolute Gasteiger partial charge is 0.355 e. The number of hydrogen-bond acceptors (Lipinski definition) is 0. The summed E-state index contributed by atoms with van der Waals surface area (Å²) in [7, 11) is 0. The van der Waals surface area contributed by atoms with Gasteiger partial charge in [-0.1, -0.05) is 48.5 Å². The van der Waals surface area contributed by atoms with Crippen molar-refractivity contribution < 1.29 is 4.79 Å². The quantitative estimate of drug-likeness (QED) is 0.505. The molecule has 0 atom stereocenters. The first-order valence-corrected chi connectivity index (χ1v) is 5.29. The van der Waals surface area contributed by atoms with Crippen LogP contribution in [0, 0.1) is 0 Å². The second-order valence-electron chi connectivity index (χ2n) is 3.86. The van der Waals surface area contributed by atoms with Gasteiger partial charge in [-0.2, -0.15) is 0 Å². The molecule has 3 aromatic rings. The van der Waals surface area contributed by atoms with Gasteiger partial charge in [0.05, 0.1) is 10.8 Å². The molecule has 0 aliphatic heterocycles. The second kappa shape index (κ2) is 3.46. The van der Waals surface area contributed by atoms with Crippen molar-refractivity contribution in [3.8, 4) is 0 Å². The van der Waals surface area contributed by atoms with E-state index in [0.29, 0.717) is 5.43 Å². The maximum Gasteiger partial charge on any atom is 0.355 e. The van der Waals surface area contributed by atoms with Gasteiger partial charge in [-0.05, 0) is 22.9 Å². The average molecular weight is 207 g/mol. The molecule has 0 fully saturated rings. The Morgan fingerprint density at radius 1 is 0.562 bits per heavy atom. The van der Waals surface area contributed by atoms with Crippen LogP contribution in [0.2, 0.25) is 0 Å². The monoisotopic (exact) mass is 207 g/mol. The molecule has 16 heavy (non-hydrogen) atoms. The van der Waals surface area contributed by atoms with Crippen molar-refractivity contribution in [2.45, 2.75) is 0 Å². The van der Waals surface area contributed by atoms with Crippen LogP contribution >= 0.6 is 0 Å². The number of rotatable bonds is 0. The van der Waals surface area contributed by atoms with Crippen LogP contribution < -0.4 is 5.43 Å². The lowest BCUT2D eigenvalue weighted by Gasteiger charge is -1.86. The molecule has 1 N–H and O–H groups in total. The summed E-state index contributed by atoms with van der Waals surface area (Å²) in [5.74, 6) is 0. The summed E-state index contributed by atoms with van der Waals surface area (Å²) < 4.78 is 0. The molecule has 0 aliphatic rings. The molecule has 3 aromatic carbocycles. The van der Waals surface area contributed by atoms with E-state index < -0.39 is 0 Å². The van der Waals surface area contributed by atoms with Crippen LogP contribution in [0.4, 0.5) is 0 Å². The van der Waals surface area contributed by atoms with Gasteiger partial charge in [0.15, 0.2) is 0 Å². The van der Waals surface area contributed by atoms with Crippen molar-refractivity contribution in [3.05, 3.63) is 66.1 Å². The van der Waals surface area contributed by atoms with Crippen LogP contribution in [-0.4, -0.2) is 4.79 Å². The van der Waals surface area contributed by atoms with Crippen LogP contribution in [0.25, 0.3) is 21.5 Å². The minimum Gasteiger partial charge on any atom is -0.273 e. The smallest absolute Gasteiger partial charge is 0.273 e. The highest BCUT2D eigenvalue weighted by atomic mass is 16.1. The number of hydrogen-bond donors (Lipinski definition) is 0. The predicted octanol–water partition coefficient (Wildman–Crippen LogP) is 3.00. The molecular formula is C15H11O+. The van der Waals surface area contributed by atoms with E-state index in [2.05, 4.69) is 0 Å². The van der Waals surface area contributed by atoms with E-state index in [-0.39, 0.29) is 0 Å². The van der Waals surface area contributed by atoms with E-state index in [9.17, 15) is 4.79 Å². The molecule has 0 amide bonds. The zero-order chi connectivity index (χ0) is 11.0. The Morgan fingerprint density at radius 2 is 1.00 bits per heavy atom. The molecule has 1 heteroatoms. The third-order valence-electron chi connectivity index (χ3n) is 2.87. The molecule has 0 radical (unpaired) electrons. The van der Waals surface area contributed by atoms with E-state index in [1.807, 2.05) is 60.7 Å². The van der Waals surface area contributed by atoms with E-state index in [1.165, 1.54) is 0 Å². The summed E-state index contributed by atoms with van der Waals surface area (Å²) >= 11 is 0. The van der Waals surface area contributed by atoms with Crippen molar-refractivity contribution in [3.63, 3.8) is 0 Å². The molecule has 0 heterocycles. The van der Waals surface area contributed by atoms with Crippen LogP contribution in [0.3, 0.4) is 0 Å². The van der Waals surface area contributed by atoms with Gasteiger partial charge in [0.2, 0.25) is 0 Å². The standard InChI is InChI=1S/C15H10O/c16-15-13-7-3-1-5-11(13)9-10-12-6-2-4-8-14(12)15/h1-10H/p+1. The Morgan fingerprint density at radius 3 is 1.50 bits per heavy atom. The number of fused-ring (bicyclic) bond motifs is 2. The summed E-state index contributed by atoms with van der Waals surface area (Å²) in [6.07, 6.45) is 0. The molecule has 0 aromatic heterocycles. The van der Waals surface area contributed by atoms with Crippen LogP contribution in [0.15, 0.2) is 60.7 Å². The fourth-order valence-corrected chi connectivity index (χ4v) is 2.04. The van der Waals surface area contributed by atoms with E-state index in [1.54, 1.807) is 0 Å². The molecule has 0 saturated carbocycles. The van der Waals surface area contributed by atoms with Gasteiger partial charge >= 0.3 is 5.43 Å². The third-order valence-corrected chi connectivity index (χ3v) is 2.87. The van der Waals surface area contributed by atoms with Gasteiger partial charge in [-0.3, -0.25) is 4.79 Å². The lowest BCUT2D eigenvalue weighted by Crippen LogP contribution is -2.00. The predicted molar refractivity (Wildman–Crippen MR) is 66.5 cm³/mol. The van der Waals surface area contributed by atoms with Gasteiger partial charge < -0.3 is 0 Å². The van der Waals surface area contributed by atoms with Crippen molar-refractivity contribution in [1.29, 1.82) is 0 Å². The molecule has 1 nitrogen and oxygen atoms in total. The minimum atomic E-state index is 0.358. The van der Waals surface area contributed by atoms with Gasteiger partial charge in [0.1, 0.15) is 0 Å². The Hall–Kier alpha value is -2.15. The SMILES string of the molecule is [OH+]=c1c2ccccc2ccc2ccccc12. The third kappa shape index (κ3) is 1.29. The first-order chi connectivity index (χ1) is 7.86. The molecule has 0 aliphatic carbocycles. The maximum atomic E-state index is 10.3. The molecule has 0 bridgehead atoms. The van der Waals surface area contributed by atoms with Crippen molar-refractivity contribution in [1.82, 2.24) is 0 Å². The Labute approximate surface area is 93.0 Å². The summed E-state index contributed by atoms with van der Waals surface area (Å²) in [5.41, 5.74) is 0.358. The maximum absolute atomic E-state index is 10.3. The molecule has 0 unspecified atom stereocenters. The fraction of sp³-hybridized carbons (Fsp3) is 0. The normalized spacial score (nSPS) is 10.8. The number of benzene rings is 2. The Balaban J connectivity index is 2.69. The highest BCUT2D eigenvalue weighted by molar-refractivity contribution is 5.92. The molecule has 3 rings (SSSR count). The highest BCUT2D eigenvalue weighted by Crippen LogP contribution is 2.14. The first-order valence-electron chi connectivity index (χ1n) is 5.29. The second-order valence-corrected chi connectivity index (χ2v) is 3.86. The zero-order valence-electron chi connectivity index (χ0n) is 8.72. The molecular weight excluding hydrogens is 196 g/mol. The van der Waals surface area contributed by atoms with Crippen LogP contribution in [0.1, 0.15) is 0 Å². The van der Waals surface area contributed by atoms with Crippen molar-refractivity contribution in [2.75, 3.05) is 0 Å². The van der Waals surface area contributed by atoms with Crippen molar-refractivity contribution >= 4 is 21.5 Å². The van der Waals surface area contributed by atoms with Gasteiger partial charge in [0, 0.05) is 0 Å². The minimum absolute atomic E-state index is 0.358. The lowest BCUT2D eigenvalue weighted by molar-refractivity contribution is 0.590. The molecule has 76 valence electrons. The molecule has 0 saturated heterocycles. The van der Waals surface area contributed by atoms with E-state index in [0.717, 1.165) is 21.5 Å². The van der Waals surface area contributed by atoms with Crippen molar-refractivity contribution in [2.24, 2.45) is 0 Å². The summed E-state index contributed by atoms with van der Waals surface area (Å²) in [6.45, 7) is 0. The van der Waals surface area contributed by atoms with Crippen LogP contribution in [0.5, 0.6) is 0 Å². The van der Waals surface area contributed by atoms with E-state index >= 15 is 0 Å². The van der Waals surface area contributed by atoms with Gasteiger partial charge in [0.25, 0.3) is 0 Å². The topological polar surface area (TPSA) is 21.4 Å². The zero-order valence-corrected chi connectivity index (χ0v) is 8.72. The van der Waals surface area contributed by atoms with Gasteiger partial charge in [-0.15, -0.1) is 0 Å². The Kier molecular flexibility index (Phi) is 1.97. The highest BCUT2D eigenvalue weighted by Gasteiger charge is 2.04. The van der Waals surface area contributed by atoms with Gasteiger partial charge in [-0.25, -0.2) is 0 Å². The first kappa shape index (κ1) is 9.10. The average Bonchev–Trinajstić information content (AvgIpc) is 2.49. The summed E-state index contributed by atoms with van der Waals surface area (Å²) in [6, 6.07) is 19.8.